The number of aliphatic hydroxyl groups is 1. The monoisotopic (exact) mass is 251 g/mol. The number of rotatable bonds is 6. The van der Waals surface area contributed by atoms with Crippen LogP contribution in [0.4, 0.5) is 0 Å². The van der Waals surface area contributed by atoms with Gasteiger partial charge in [-0.25, -0.2) is 0 Å². The van der Waals surface area contributed by atoms with Gasteiger partial charge in [0.25, 0.3) is 0 Å². The van der Waals surface area contributed by atoms with Crippen LogP contribution in [0, 0.1) is 5.92 Å². The molecule has 1 aromatic rings. The third-order valence-electron chi connectivity index (χ3n) is 3.52. The molecule has 0 spiro atoms. The Labute approximate surface area is 110 Å². The quantitative estimate of drug-likeness (QED) is 0.817. The third-order valence-corrected chi connectivity index (χ3v) is 3.52. The van der Waals surface area contributed by atoms with Crippen LogP contribution in [0.15, 0.2) is 24.3 Å². The summed E-state index contributed by atoms with van der Waals surface area (Å²) in [4.78, 5) is 0. The molecule has 0 fully saturated rings. The van der Waals surface area contributed by atoms with Crippen molar-refractivity contribution >= 4 is 0 Å². The highest BCUT2D eigenvalue weighted by Crippen LogP contribution is 2.21. The summed E-state index contributed by atoms with van der Waals surface area (Å²) in [5, 5.41) is 10.1. The van der Waals surface area contributed by atoms with Crippen molar-refractivity contribution in [3.8, 4) is 5.75 Å². The van der Waals surface area contributed by atoms with Crippen LogP contribution in [0.25, 0.3) is 0 Å². The minimum absolute atomic E-state index is 0.0813. The number of ether oxygens (including phenoxy) is 1. The van der Waals surface area contributed by atoms with Crippen molar-refractivity contribution in [1.29, 1.82) is 0 Å². The zero-order valence-electron chi connectivity index (χ0n) is 11.8. The molecule has 0 amide bonds. The van der Waals surface area contributed by atoms with Crippen molar-refractivity contribution in [2.24, 2.45) is 11.7 Å². The molecule has 1 rings (SSSR count). The molecule has 0 saturated carbocycles. The van der Waals surface area contributed by atoms with Crippen LogP contribution in [0.5, 0.6) is 5.75 Å². The van der Waals surface area contributed by atoms with Crippen LogP contribution >= 0.6 is 0 Å². The van der Waals surface area contributed by atoms with Gasteiger partial charge in [0, 0.05) is 6.04 Å². The molecule has 1 unspecified atom stereocenters. The highest BCUT2D eigenvalue weighted by atomic mass is 16.5. The number of hydrogen-bond acceptors (Lipinski definition) is 3. The first-order valence-corrected chi connectivity index (χ1v) is 6.57. The lowest BCUT2D eigenvalue weighted by Gasteiger charge is -2.27. The molecule has 0 bridgehead atoms. The predicted octanol–water partition coefficient (Wildman–Crippen LogP) is 2.88. The van der Waals surface area contributed by atoms with Gasteiger partial charge in [0.05, 0.1) is 5.60 Å². The van der Waals surface area contributed by atoms with E-state index in [1.165, 1.54) is 0 Å². The van der Waals surface area contributed by atoms with Gasteiger partial charge in [-0.05, 0) is 37.0 Å². The Morgan fingerprint density at radius 1 is 1.28 bits per heavy atom. The van der Waals surface area contributed by atoms with E-state index in [9.17, 15) is 5.11 Å². The van der Waals surface area contributed by atoms with Gasteiger partial charge in [-0.1, -0.05) is 32.9 Å². The largest absolute Gasteiger partial charge is 0.491 e. The van der Waals surface area contributed by atoms with Crippen LogP contribution in [0.3, 0.4) is 0 Å². The maximum Gasteiger partial charge on any atom is 0.119 e. The van der Waals surface area contributed by atoms with Crippen LogP contribution in [-0.4, -0.2) is 17.3 Å². The Morgan fingerprint density at radius 3 is 2.28 bits per heavy atom. The fraction of sp³-hybridized carbons (Fsp3) is 0.600. The first kappa shape index (κ1) is 15.0. The highest BCUT2D eigenvalue weighted by molar-refractivity contribution is 5.29. The first-order chi connectivity index (χ1) is 8.36. The van der Waals surface area contributed by atoms with Gasteiger partial charge < -0.3 is 15.6 Å². The van der Waals surface area contributed by atoms with E-state index in [4.69, 9.17) is 10.5 Å². The van der Waals surface area contributed by atoms with Crippen molar-refractivity contribution in [2.75, 3.05) is 6.61 Å². The average molecular weight is 251 g/mol. The molecule has 1 aromatic carbocycles. The van der Waals surface area contributed by atoms with Gasteiger partial charge in [-0.15, -0.1) is 0 Å². The predicted molar refractivity (Wildman–Crippen MR) is 74.6 cm³/mol. The maximum absolute atomic E-state index is 10.1. The van der Waals surface area contributed by atoms with Crippen LogP contribution < -0.4 is 10.5 Å². The van der Waals surface area contributed by atoms with Crippen LogP contribution in [-0.2, 0) is 0 Å². The lowest BCUT2D eigenvalue weighted by atomic mass is 9.94. The van der Waals surface area contributed by atoms with Gasteiger partial charge in [0.15, 0.2) is 0 Å². The van der Waals surface area contributed by atoms with E-state index in [0.29, 0.717) is 6.61 Å². The van der Waals surface area contributed by atoms with E-state index < -0.39 is 5.60 Å². The standard InChI is InChI=1S/C15H25NO2/c1-5-14(16)12-6-8-13(9-7-12)18-10-15(4,17)11(2)3/h6-9,11,14,17H,5,10,16H2,1-4H3/t14-,15?/m1/s1. The molecule has 0 radical (unpaired) electrons. The summed E-state index contributed by atoms with van der Waals surface area (Å²) in [5.41, 5.74) is 6.25. The van der Waals surface area contributed by atoms with Crippen molar-refractivity contribution in [1.82, 2.24) is 0 Å². The summed E-state index contributed by atoms with van der Waals surface area (Å²) in [6.07, 6.45) is 0.919. The van der Waals surface area contributed by atoms with E-state index in [2.05, 4.69) is 6.92 Å². The number of benzene rings is 1. The van der Waals surface area contributed by atoms with Crippen LogP contribution in [0.1, 0.15) is 45.7 Å². The van der Waals surface area contributed by atoms with E-state index in [1.54, 1.807) is 6.92 Å². The van der Waals surface area contributed by atoms with E-state index in [1.807, 2.05) is 38.1 Å². The SMILES string of the molecule is CC[C@@H](N)c1ccc(OCC(C)(O)C(C)C)cc1. The van der Waals surface area contributed by atoms with E-state index >= 15 is 0 Å². The summed E-state index contributed by atoms with van der Waals surface area (Å²) < 4.78 is 5.61. The number of nitrogens with two attached hydrogens (primary N) is 1. The normalized spacial score (nSPS) is 16.4. The van der Waals surface area contributed by atoms with E-state index in [0.717, 1.165) is 17.7 Å². The van der Waals surface area contributed by atoms with Crippen molar-refractivity contribution in [3.05, 3.63) is 29.8 Å². The van der Waals surface area contributed by atoms with Crippen molar-refractivity contribution < 1.29 is 9.84 Å². The molecule has 2 atom stereocenters. The maximum atomic E-state index is 10.1. The van der Waals surface area contributed by atoms with Gasteiger partial charge in [-0.2, -0.15) is 0 Å². The fourth-order valence-electron chi connectivity index (χ4n) is 1.44. The minimum atomic E-state index is -0.807. The topological polar surface area (TPSA) is 55.5 Å². The summed E-state index contributed by atoms with van der Waals surface area (Å²) >= 11 is 0. The Bertz CT molecular complexity index is 357. The highest BCUT2D eigenvalue weighted by Gasteiger charge is 2.25. The van der Waals surface area contributed by atoms with Crippen molar-refractivity contribution in [3.63, 3.8) is 0 Å². The molecule has 0 aliphatic rings. The molecular weight excluding hydrogens is 226 g/mol. The smallest absolute Gasteiger partial charge is 0.119 e. The Hall–Kier alpha value is -1.06. The summed E-state index contributed by atoms with van der Waals surface area (Å²) in [6, 6.07) is 7.85. The minimum Gasteiger partial charge on any atom is -0.491 e. The Balaban J connectivity index is 2.59. The molecule has 3 N–H and O–H groups in total. The average Bonchev–Trinajstić information content (AvgIpc) is 2.36. The molecule has 0 heterocycles. The molecule has 102 valence electrons. The molecule has 0 aliphatic heterocycles. The fourth-order valence-corrected chi connectivity index (χ4v) is 1.44. The van der Waals surface area contributed by atoms with Gasteiger partial charge in [-0.3, -0.25) is 0 Å². The summed E-state index contributed by atoms with van der Waals surface area (Å²) in [5.74, 6) is 0.924. The zero-order valence-corrected chi connectivity index (χ0v) is 11.8. The Kier molecular flexibility index (Phi) is 5.17. The second-order valence-electron chi connectivity index (χ2n) is 5.38. The molecule has 18 heavy (non-hydrogen) atoms. The zero-order chi connectivity index (χ0) is 13.8. The second kappa shape index (κ2) is 6.21. The summed E-state index contributed by atoms with van der Waals surface area (Å²) in [7, 11) is 0. The molecular formula is C15H25NO2. The molecule has 3 heteroatoms. The molecule has 0 aromatic heterocycles. The lowest BCUT2D eigenvalue weighted by molar-refractivity contribution is -0.0266. The van der Waals surface area contributed by atoms with Gasteiger partial charge in [0.2, 0.25) is 0 Å². The molecule has 3 nitrogen and oxygen atoms in total. The lowest BCUT2D eigenvalue weighted by Crippen LogP contribution is -2.37. The van der Waals surface area contributed by atoms with Gasteiger partial charge >= 0.3 is 0 Å². The van der Waals surface area contributed by atoms with Gasteiger partial charge in [0.1, 0.15) is 12.4 Å². The third kappa shape index (κ3) is 4.00. The number of hydrogen-bond donors (Lipinski definition) is 2. The van der Waals surface area contributed by atoms with Crippen LogP contribution in [0.2, 0.25) is 0 Å². The second-order valence-corrected chi connectivity index (χ2v) is 5.38. The Morgan fingerprint density at radius 2 is 1.83 bits per heavy atom. The first-order valence-electron chi connectivity index (χ1n) is 6.57. The summed E-state index contributed by atoms with van der Waals surface area (Å²) in [6.45, 7) is 8.11. The van der Waals surface area contributed by atoms with E-state index in [-0.39, 0.29) is 12.0 Å². The molecule has 0 saturated heterocycles. The molecule has 0 aliphatic carbocycles. The van der Waals surface area contributed by atoms with Crippen molar-refractivity contribution in [2.45, 2.75) is 45.8 Å².